The van der Waals surface area contributed by atoms with Gasteiger partial charge >= 0.3 is 5.97 Å². The largest absolute Gasteiger partial charge is 0.478 e. The van der Waals surface area contributed by atoms with Gasteiger partial charge in [-0.2, -0.15) is 0 Å². The Balaban J connectivity index is 2.40. The third-order valence-corrected chi connectivity index (χ3v) is 2.84. The molecule has 1 aromatic heterocycles. The second-order valence-electron chi connectivity index (χ2n) is 3.91. The van der Waals surface area contributed by atoms with Gasteiger partial charge in [-0.05, 0) is 18.2 Å². The first kappa shape index (κ1) is 14.9. The first-order valence-corrected chi connectivity index (χ1v) is 5.92. The molecule has 1 amide bonds. The van der Waals surface area contributed by atoms with Crippen LogP contribution in [0.2, 0.25) is 5.15 Å². The van der Waals surface area contributed by atoms with Crippen LogP contribution in [0.25, 0.3) is 0 Å². The number of amides is 1. The van der Waals surface area contributed by atoms with Gasteiger partial charge in [-0.15, -0.1) is 0 Å². The Morgan fingerprint density at radius 3 is 2.48 bits per heavy atom. The van der Waals surface area contributed by atoms with Crippen molar-refractivity contribution in [3.63, 3.8) is 0 Å². The van der Waals surface area contributed by atoms with Gasteiger partial charge in [0.05, 0.1) is 16.8 Å². The molecule has 1 heterocycles. The van der Waals surface area contributed by atoms with Crippen molar-refractivity contribution in [3.05, 3.63) is 58.4 Å². The van der Waals surface area contributed by atoms with Crippen molar-refractivity contribution in [1.29, 1.82) is 0 Å². The van der Waals surface area contributed by atoms with E-state index in [4.69, 9.17) is 16.7 Å². The molecular formula is C13H7ClF2N2O3. The Labute approximate surface area is 122 Å². The summed E-state index contributed by atoms with van der Waals surface area (Å²) in [6.45, 7) is 0. The minimum absolute atomic E-state index is 0.0276. The smallest absolute Gasteiger partial charge is 0.337 e. The van der Waals surface area contributed by atoms with Crippen molar-refractivity contribution in [2.45, 2.75) is 0 Å². The van der Waals surface area contributed by atoms with Crippen molar-refractivity contribution in [3.8, 4) is 0 Å². The topological polar surface area (TPSA) is 79.3 Å². The van der Waals surface area contributed by atoms with Gasteiger partial charge in [-0.1, -0.05) is 11.6 Å². The second kappa shape index (κ2) is 5.84. The third kappa shape index (κ3) is 3.14. The molecule has 0 aliphatic rings. The summed E-state index contributed by atoms with van der Waals surface area (Å²) in [4.78, 5) is 26.6. The Kier molecular flexibility index (Phi) is 4.13. The number of pyridine rings is 1. The minimum atomic E-state index is -1.51. The van der Waals surface area contributed by atoms with E-state index < -0.39 is 29.1 Å². The zero-order chi connectivity index (χ0) is 15.6. The average molecular weight is 313 g/mol. The lowest BCUT2D eigenvalue weighted by atomic mass is 10.1. The number of halogens is 3. The van der Waals surface area contributed by atoms with Gasteiger partial charge in [0.15, 0.2) is 11.6 Å². The molecule has 5 nitrogen and oxygen atoms in total. The normalized spacial score (nSPS) is 10.2. The van der Waals surface area contributed by atoms with E-state index >= 15 is 0 Å². The molecular weight excluding hydrogens is 306 g/mol. The summed E-state index contributed by atoms with van der Waals surface area (Å²) in [7, 11) is 0. The first-order valence-electron chi connectivity index (χ1n) is 5.54. The maximum atomic E-state index is 13.2. The van der Waals surface area contributed by atoms with Gasteiger partial charge in [-0.3, -0.25) is 4.79 Å². The lowest BCUT2D eigenvalue weighted by Crippen LogP contribution is -2.16. The van der Waals surface area contributed by atoms with Gasteiger partial charge < -0.3 is 10.4 Å². The number of carboxylic acids is 1. The molecule has 2 rings (SSSR count). The lowest BCUT2D eigenvalue weighted by Gasteiger charge is -2.09. The molecule has 0 spiro atoms. The third-order valence-electron chi connectivity index (χ3n) is 2.54. The fraction of sp³-hybridized carbons (Fsp3) is 0. The molecule has 2 aromatic rings. The van der Waals surface area contributed by atoms with Crippen molar-refractivity contribution in [2.24, 2.45) is 0 Å². The van der Waals surface area contributed by atoms with Crippen molar-refractivity contribution >= 4 is 29.2 Å². The van der Waals surface area contributed by atoms with Gasteiger partial charge in [0.2, 0.25) is 0 Å². The number of hydrogen-bond donors (Lipinski definition) is 2. The predicted octanol–water partition coefficient (Wildman–Crippen LogP) is 2.96. The molecule has 0 aliphatic carbocycles. The molecule has 0 unspecified atom stereocenters. The van der Waals surface area contributed by atoms with E-state index in [1.165, 1.54) is 18.3 Å². The number of nitrogens with zero attached hydrogens (tertiary/aromatic N) is 1. The summed E-state index contributed by atoms with van der Waals surface area (Å²) in [6.07, 6.45) is 1.36. The average Bonchev–Trinajstić information content (AvgIpc) is 2.42. The number of carboxylic acid groups (broad SMARTS) is 1. The molecule has 8 heteroatoms. The molecule has 0 bridgehead atoms. The first-order chi connectivity index (χ1) is 9.90. The van der Waals surface area contributed by atoms with Crippen LogP contribution in [0.15, 0.2) is 30.5 Å². The van der Waals surface area contributed by atoms with E-state index in [2.05, 4.69) is 10.3 Å². The summed E-state index contributed by atoms with van der Waals surface area (Å²) in [5.41, 5.74) is -0.992. The number of carbonyl (C=O) groups excluding carboxylic acids is 1. The number of nitrogens with one attached hydrogen (secondary N) is 1. The van der Waals surface area contributed by atoms with Crippen molar-refractivity contribution in [2.75, 3.05) is 5.32 Å². The zero-order valence-electron chi connectivity index (χ0n) is 10.2. The number of aromatic carboxylic acids is 1. The van der Waals surface area contributed by atoms with E-state index in [-0.39, 0.29) is 16.4 Å². The van der Waals surface area contributed by atoms with E-state index in [0.717, 1.165) is 0 Å². The molecule has 0 radical (unpaired) electrons. The van der Waals surface area contributed by atoms with Crippen LogP contribution >= 0.6 is 11.6 Å². The fourth-order valence-electron chi connectivity index (χ4n) is 1.57. The Morgan fingerprint density at radius 2 is 1.86 bits per heavy atom. The molecule has 2 N–H and O–H groups in total. The van der Waals surface area contributed by atoms with Crippen molar-refractivity contribution in [1.82, 2.24) is 4.98 Å². The summed E-state index contributed by atoms with van der Waals surface area (Å²) in [5.74, 6) is -4.92. The Hall–Kier alpha value is -2.54. The van der Waals surface area contributed by atoms with E-state index in [0.29, 0.717) is 12.1 Å². The summed E-state index contributed by atoms with van der Waals surface area (Å²) in [6, 6.07) is 3.87. The van der Waals surface area contributed by atoms with Gasteiger partial charge in [0.1, 0.15) is 5.15 Å². The minimum Gasteiger partial charge on any atom is -0.478 e. The second-order valence-corrected chi connectivity index (χ2v) is 4.27. The molecule has 0 saturated carbocycles. The summed E-state index contributed by atoms with van der Waals surface area (Å²) < 4.78 is 26.3. The lowest BCUT2D eigenvalue weighted by molar-refractivity contribution is 0.0697. The van der Waals surface area contributed by atoms with Crippen LogP contribution in [-0.4, -0.2) is 22.0 Å². The zero-order valence-corrected chi connectivity index (χ0v) is 11.0. The molecule has 0 saturated heterocycles. The number of rotatable bonds is 3. The molecule has 0 aliphatic heterocycles. The van der Waals surface area contributed by atoms with Gasteiger partial charge in [-0.25, -0.2) is 18.6 Å². The number of benzene rings is 1. The monoisotopic (exact) mass is 312 g/mol. The standard InChI is InChI=1S/C13H7ClF2N2O3/c14-11-6(2-1-3-17-11)12(19)18-10-5-9(16)8(15)4-7(10)13(20)21/h1-5H,(H,18,19)(H,20,21). The molecule has 0 fully saturated rings. The summed E-state index contributed by atoms with van der Waals surface area (Å²) >= 11 is 5.72. The maximum Gasteiger partial charge on any atom is 0.337 e. The highest BCUT2D eigenvalue weighted by molar-refractivity contribution is 6.33. The highest BCUT2D eigenvalue weighted by atomic mass is 35.5. The van der Waals surface area contributed by atoms with Crippen LogP contribution in [0.4, 0.5) is 14.5 Å². The maximum absolute atomic E-state index is 13.2. The van der Waals surface area contributed by atoms with Crippen LogP contribution in [0.1, 0.15) is 20.7 Å². The fourth-order valence-corrected chi connectivity index (χ4v) is 1.78. The summed E-state index contributed by atoms with van der Waals surface area (Å²) in [5, 5.41) is 11.0. The highest BCUT2D eigenvalue weighted by Gasteiger charge is 2.19. The van der Waals surface area contributed by atoms with Crippen LogP contribution in [0.3, 0.4) is 0 Å². The Morgan fingerprint density at radius 1 is 1.19 bits per heavy atom. The van der Waals surface area contributed by atoms with E-state index in [1.54, 1.807) is 0 Å². The number of hydrogen-bond acceptors (Lipinski definition) is 3. The number of aromatic nitrogens is 1. The molecule has 21 heavy (non-hydrogen) atoms. The quantitative estimate of drug-likeness (QED) is 0.854. The predicted molar refractivity (Wildman–Crippen MR) is 70.5 cm³/mol. The van der Waals surface area contributed by atoms with Crippen molar-refractivity contribution < 1.29 is 23.5 Å². The highest BCUT2D eigenvalue weighted by Crippen LogP contribution is 2.22. The number of carbonyl (C=O) groups is 2. The SMILES string of the molecule is O=C(O)c1cc(F)c(F)cc1NC(=O)c1cccnc1Cl. The molecule has 0 atom stereocenters. The van der Waals surface area contributed by atoms with Crippen LogP contribution in [0, 0.1) is 11.6 Å². The van der Waals surface area contributed by atoms with Crippen LogP contribution in [-0.2, 0) is 0 Å². The Bertz CT molecular complexity index is 737. The van der Waals surface area contributed by atoms with E-state index in [9.17, 15) is 18.4 Å². The van der Waals surface area contributed by atoms with Gasteiger partial charge in [0, 0.05) is 12.3 Å². The van der Waals surface area contributed by atoms with Crippen LogP contribution in [0.5, 0.6) is 0 Å². The van der Waals surface area contributed by atoms with Gasteiger partial charge in [0.25, 0.3) is 5.91 Å². The van der Waals surface area contributed by atoms with Crippen LogP contribution < -0.4 is 5.32 Å². The molecule has 1 aromatic carbocycles. The number of anilines is 1. The molecule has 108 valence electrons. The van der Waals surface area contributed by atoms with E-state index in [1.807, 2.05) is 0 Å².